The molecule has 2 aliphatic rings. The zero-order chi connectivity index (χ0) is 10.9. The summed E-state index contributed by atoms with van der Waals surface area (Å²) in [5.74, 6) is 0. The largest absolute Gasteiger partial charge is 0.326 e. The maximum absolute atomic E-state index is 6.26. The van der Waals surface area contributed by atoms with Crippen LogP contribution in [-0.2, 0) is 0 Å². The molecule has 1 aliphatic heterocycles. The maximum Gasteiger partial charge on any atom is 0.0247 e. The fraction of sp³-hybridized carbons (Fsp3) is 1.00. The lowest BCUT2D eigenvalue weighted by atomic mass is 9.81. The molecule has 1 heterocycles. The van der Waals surface area contributed by atoms with Crippen LogP contribution in [0.2, 0.25) is 0 Å². The van der Waals surface area contributed by atoms with E-state index in [4.69, 9.17) is 5.73 Å². The van der Waals surface area contributed by atoms with Crippen molar-refractivity contribution in [2.24, 2.45) is 11.1 Å². The number of nitrogens with zero attached hydrogens (tertiary/aromatic N) is 1. The zero-order valence-electron chi connectivity index (χ0n) is 10.3. The molecule has 0 spiro atoms. The van der Waals surface area contributed by atoms with Crippen LogP contribution in [0.5, 0.6) is 0 Å². The van der Waals surface area contributed by atoms with E-state index in [9.17, 15) is 0 Å². The summed E-state index contributed by atoms with van der Waals surface area (Å²) in [5, 5.41) is 0. The van der Waals surface area contributed by atoms with Gasteiger partial charge >= 0.3 is 0 Å². The maximum atomic E-state index is 6.26. The summed E-state index contributed by atoms with van der Waals surface area (Å²) in [6, 6.07) is 1.12. The molecule has 0 aromatic heterocycles. The highest BCUT2D eigenvalue weighted by Gasteiger charge is 2.33. The van der Waals surface area contributed by atoms with Gasteiger partial charge in [0, 0.05) is 18.6 Å². The van der Waals surface area contributed by atoms with Gasteiger partial charge in [0.2, 0.25) is 0 Å². The number of piperidine rings is 1. The van der Waals surface area contributed by atoms with Crippen molar-refractivity contribution < 1.29 is 0 Å². The van der Waals surface area contributed by atoms with Crippen LogP contribution in [0.15, 0.2) is 0 Å². The van der Waals surface area contributed by atoms with Gasteiger partial charge in [-0.25, -0.2) is 0 Å². The first-order valence-electron chi connectivity index (χ1n) is 6.58. The molecule has 1 saturated heterocycles. The van der Waals surface area contributed by atoms with Crippen LogP contribution in [0.3, 0.4) is 0 Å². The molecule has 15 heavy (non-hydrogen) atoms. The van der Waals surface area contributed by atoms with Gasteiger partial charge in [0.25, 0.3) is 0 Å². The van der Waals surface area contributed by atoms with Crippen molar-refractivity contribution >= 4 is 0 Å². The Hall–Kier alpha value is -0.0800. The zero-order valence-corrected chi connectivity index (χ0v) is 10.3. The summed E-state index contributed by atoms with van der Waals surface area (Å²) in [5.41, 5.74) is 6.77. The van der Waals surface area contributed by atoms with E-state index >= 15 is 0 Å². The molecule has 88 valence electrons. The SMILES string of the molecule is CC1(C)CCCN(C2CCCCC2N)C1. The topological polar surface area (TPSA) is 29.3 Å². The van der Waals surface area contributed by atoms with E-state index in [0.29, 0.717) is 17.5 Å². The second-order valence-corrected chi connectivity index (χ2v) is 6.25. The average molecular weight is 210 g/mol. The molecule has 2 nitrogen and oxygen atoms in total. The minimum Gasteiger partial charge on any atom is -0.326 e. The third-order valence-corrected chi connectivity index (χ3v) is 4.18. The fourth-order valence-corrected chi connectivity index (χ4v) is 3.35. The van der Waals surface area contributed by atoms with Gasteiger partial charge in [-0.1, -0.05) is 26.7 Å². The predicted molar refractivity (Wildman–Crippen MR) is 64.8 cm³/mol. The van der Waals surface area contributed by atoms with Crippen molar-refractivity contribution in [3.05, 3.63) is 0 Å². The van der Waals surface area contributed by atoms with Gasteiger partial charge in [-0.3, -0.25) is 4.90 Å². The van der Waals surface area contributed by atoms with E-state index < -0.39 is 0 Å². The van der Waals surface area contributed by atoms with Crippen molar-refractivity contribution in [2.45, 2.75) is 64.5 Å². The van der Waals surface area contributed by atoms with Crippen LogP contribution in [0.25, 0.3) is 0 Å². The molecule has 0 aromatic carbocycles. The van der Waals surface area contributed by atoms with Crippen molar-refractivity contribution in [1.29, 1.82) is 0 Å². The van der Waals surface area contributed by atoms with Crippen LogP contribution in [0, 0.1) is 5.41 Å². The van der Waals surface area contributed by atoms with Crippen molar-refractivity contribution in [3.63, 3.8) is 0 Å². The van der Waals surface area contributed by atoms with Gasteiger partial charge in [-0.15, -0.1) is 0 Å². The standard InChI is InChI=1S/C13H26N2/c1-13(2)8-5-9-15(10-13)12-7-4-3-6-11(12)14/h11-12H,3-10,14H2,1-2H3. The number of likely N-dealkylation sites (tertiary alicyclic amines) is 1. The summed E-state index contributed by atoms with van der Waals surface area (Å²) < 4.78 is 0. The highest BCUT2D eigenvalue weighted by atomic mass is 15.2. The molecule has 0 radical (unpaired) electrons. The fourth-order valence-electron chi connectivity index (χ4n) is 3.35. The molecule has 2 N–H and O–H groups in total. The lowest BCUT2D eigenvalue weighted by Gasteiger charge is -2.45. The lowest BCUT2D eigenvalue weighted by Crippen LogP contribution is -2.54. The molecule has 2 heteroatoms. The van der Waals surface area contributed by atoms with Gasteiger partial charge in [0.1, 0.15) is 0 Å². The van der Waals surface area contributed by atoms with E-state index in [0.717, 1.165) is 0 Å². The first-order chi connectivity index (χ1) is 7.08. The Bertz CT molecular complexity index is 213. The lowest BCUT2D eigenvalue weighted by molar-refractivity contribution is 0.0524. The quantitative estimate of drug-likeness (QED) is 0.720. The number of hydrogen-bond donors (Lipinski definition) is 1. The molecule has 0 amide bonds. The predicted octanol–water partition coefficient (Wildman–Crippen LogP) is 2.38. The Morgan fingerprint density at radius 3 is 2.53 bits per heavy atom. The van der Waals surface area contributed by atoms with Crippen molar-refractivity contribution in [3.8, 4) is 0 Å². The van der Waals surface area contributed by atoms with Crippen LogP contribution < -0.4 is 5.73 Å². The van der Waals surface area contributed by atoms with Crippen molar-refractivity contribution in [1.82, 2.24) is 4.90 Å². The number of nitrogens with two attached hydrogens (primary N) is 1. The van der Waals surface area contributed by atoms with E-state index in [2.05, 4.69) is 18.7 Å². The summed E-state index contributed by atoms with van der Waals surface area (Å²) in [4.78, 5) is 2.67. The van der Waals surface area contributed by atoms with Crippen LogP contribution in [-0.4, -0.2) is 30.1 Å². The summed E-state index contributed by atoms with van der Waals surface area (Å²) in [7, 11) is 0. The van der Waals surface area contributed by atoms with Gasteiger partial charge < -0.3 is 5.73 Å². The Balaban J connectivity index is 1.96. The molecule has 0 bridgehead atoms. The molecular formula is C13H26N2. The molecular weight excluding hydrogens is 184 g/mol. The van der Waals surface area contributed by atoms with E-state index in [-0.39, 0.29) is 0 Å². The minimum absolute atomic E-state index is 0.438. The van der Waals surface area contributed by atoms with Crippen LogP contribution in [0.1, 0.15) is 52.4 Å². The molecule has 2 rings (SSSR count). The third kappa shape index (κ3) is 2.73. The molecule has 2 unspecified atom stereocenters. The Labute approximate surface area is 94.2 Å². The molecule has 1 saturated carbocycles. The van der Waals surface area contributed by atoms with E-state index in [1.807, 2.05) is 0 Å². The second-order valence-electron chi connectivity index (χ2n) is 6.25. The van der Waals surface area contributed by atoms with E-state index in [1.165, 1.54) is 51.6 Å². The second kappa shape index (κ2) is 4.42. The van der Waals surface area contributed by atoms with E-state index in [1.54, 1.807) is 0 Å². The minimum atomic E-state index is 0.438. The average Bonchev–Trinajstić information content (AvgIpc) is 2.17. The Morgan fingerprint density at radius 2 is 1.87 bits per heavy atom. The van der Waals surface area contributed by atoms with Crippen molar-refractivity contribution in [2.75, 3.05) is 13.1 Å². The molecule has 0 aromatic rings. The Morgan fingerprint density at radius 1 is 1.13 bits per heavy atom. The first-order valence-corrected chi connectivity index (χ1v) is 6.58. The summed E-state index contributed by atoms with van der Waals surface area (Å²) >= 11 is 0. The molecule has 2 fully saturated rings. The van der Waals surface area contributed by atoms with Gasteiger partial charge in [0.15, 0.2) is 0 Å². The van der Waals surface area contributed by atoms with Crippen LogP contribution in [0.4, 0.5) is 0 Å². The normalized spacial score (nSPS) is 37.8. The third-order valence-electron chi connectivity index (χ3n) is 4.18. The van der Waals surface area contributed by atoms with Gasteiger partial charge in [-0.05, 0) is 37.6 Å². The van der Waals surface area contributed by atoms with Gasteiger partial charge in [-0.2, -0.15) is 0 Å². The summed E-state index contributed by atoms with van der Waals surface area (Å²) in [6.45, 7) is 7.33. The smallest absolute Gasteiger partial charge is 0.0247 e. The highest BCUT2D eigenvalue weighted by Crippen LogP contribution is 2.32. The Kier molecular flexibility index (Phi) is 3.36. The highest BCUT2D eigenvalue weighted by molar-refractivity contribution is 4.90. The summed E-state index contributed by atoms with van der Waals surface area (Å²) in [6.07, 6.45) is 8.03. The monoisotopic (exact) mass is 210 g/mol. The number of hydrogen-bond acceptors (Lipinski definition) is 2. The van der Waals surface area contributed by atoms with Gasteiger partial charge in [0.05, 0.1) is 0 Å². The molecule has 2 atom stereocenters. The molecule has 1 aliphatic carbocycles. The first kappa shape index (κ1) is 11.4. The van der Waals surface area contributed by atoms with Crippen LogP contribution >= 0.6 is 0 Å². The number of rotatable bonds is 1.